The van der Waals surface area contributed by atoms with Gasteiger partial charge in [-0.3, -0.25) is 4.79 Å². The Kier molecular flexibility index (Phi) is 4.80. The minimum Gasteiger partial charge on any atom is -0.450 e. The summed E-state index contributed by atoms with van der Waals surface area (Å²) in [6.45, 7) is 0.326. The van der Waals surface area contributed by atoms with Crippen molar-refractivity contribution in [1.29, 1.82) is 0 Å². The van der Waals surface area contributed by atoms with Crippen molar-refractivity contribution in [1.82, 2.24) is 4.90 Å². The van der Waals surface area contributed by atoms with Crippen LogP contribution in [0.4, 0.5) is 18.0 Å². The molecule has 1 aliphatic rings. The molecule has 0 unspecified atom stereocenters. The van der Waals surface area contributed by atoms with Gasteiger partial charge in [0.05, 0.1) is 6.61 Å². The first-order valence-corrected chi connectivity index (χ1v) is 5.59. The van der Waals surface area contributed by atoms with Crippen LogP contribution in [0.1, 0.15) is 19.3 Å². The molecule has 1 saturated heterocycles. The molecule has 2 N–H and O–H groups in total. The minimum absolute atomic E-state index is 0.0829. The van der Waals surface area contributed by atoms with E-state index in [0.29, 0.717) is 19.3 Å². The molecule has 2 amide bonds. The summed E-state index contributed by atoms with van der Waals surface area (Å²) in [6, 6.07) is 0. The zero-order valence-electron chi connectivity index (χ0n) is 9.70. The number of likely N-dealkylation sites (tertiary alicyclic amines) is 1. The molecule has 1 aliphatic heterocycles. The first-order valence-electron chi connectivity index (χ1n) is 5.59. The number of hydrogen-bond acceptors (Lipinski definition) is 3. The molecular weight excluding hydrogens is 253 g/mol. The van der Waals surface area contributed by atoms with Crippen molar-refractivity contribution in [3.05, 3.63) is 0 Å². The van der Waals surface area contributed by atoms with E-state index in [4.69, 9.17) is 5.73 Å². The highest BCUT2D eigenvalue weighted by Gasteiger charge is 2.43. The molecule has 104 valence electrons. The highest BCUT2D eigenvalue weighted by Crippen LogP contribution is 2.25. The van der Waals surface area contributed by atoms with Crippen LogP contribution in [0.2, 0.25) is 0 Å². The molecule has 8 heteroatoms. The molecule has 1 rings (SSSR count). The van der Waals surface area contributed by atoms with Gasteiger partial charge in [0.25, 0.3) is 0 Å². The fourth-order valence-electron chi connectivity index (χ4n) is 1.93. The number of amides is 2. The summed E-state index contributed by atoms with van der Waals surface area (Å²) < 4.78 is 41.0. The second-order valence-electron chi connectivity index (χ2n) is 4.19. The number of alkyl halides is 3. The molecule has 0 radical (unpaired) electrons. The van der Waals surface area contributed by atoms with Gasteiger partial charge in [0.2, 0.25) is 0 Å². The highest BCUT2D eigenvalue weighted by molar-refractivity contribution is 5.81. The summed E-state index contributed by atoms with van der Waals surface area (Å²) in [5, 5.41) is 0. The summed E-state index contributed by atoms with van der Waals surface area (Å²) in [5.74, 6) is -1.63. The van der Waals surface area contributed by atoms with Crippen molar-refractivity contribution in [2.45, 2.75) is 25.4 Å². The molecule has 0 aliphatic carbocycles. The number of piperidine rings is 1. The first kappa shape index (κ1) is 14.6. The second kappa shape index (κ2) is 5.92. The van der Waals surface area contributed by atoms with Crippen LogP contribution >= 0.6 is 0 Å². The summed E-state index contributed by atoms with van der Waals surface area (Å²) in [6.07, 6.45) is -4.16. The number of hydrogen-bond donors (Lipinski definition) is 1. The number of nitrogens with two attached hydrogens (primary N) is 1. The molecule has 0 aromatic rings. The van der Waals surface area contributed by atoms with Crippen molar-refractivity contribution in [3.63, 3.8) is 0 Å². The number of carbonyl (C=O) groups excluding carboxylic acids is 2. The molecular formula is C10H15F3N2O3. The zero-order chi connectivity index (χ0) is 13.8. The van der Waals surface area contributed by atoms with Gasteiger partial charge >= 0.3 is 18.2 Å². The minimum atomic E-state index is -4.80. The standard InChI is InChI=1S/C10H15F3N2O3/c11-10(12,13)8(16)15-4-1-7(2-5-15)3-6-18-9(14)17/h7H,1-6H2,(H2,14,17). The van der Waals surface area contributed by atoms with E-state index in [9.17, 15) is 22.8 Å². The largest absolute Gasteiger partial charge is 0.471 e. The highest BCUT2D eigenvalue weighted by atomic mass is 19.4. The van der Waals surface area contributed by atoms with E-state index in [1.54, 1.807) is 0 Å². The molecule has 1 heterocycles. The fourth-order valence-corrected chi connectivity index (χ4v) is 1.93. The Labute approximate surface area is 102 Å². The fraction of sp³-hybridized carbons (Fsp3) is 0.800. The van der Waals surface area contributed by atoms with Gasteiger partial charge in [-0.05, 0) is 25.2 Å². The van der Waals surface area contributed by atoms with E-state index < -0.39 is 18.2 Å². The molecule has 0 aromatic heterocycles. The van der Waals surface area contributed by atoms with Gasteiger partial charge in [0, 0.05) is 13.1 Å². The normalized spacial score (nSPS) is 17.6. The van der Waals surface area contributed by atoms with Gasteiger partial charge in [0.1, 0.15) is 0 Å². The second-order valence-corrected chi connectivity index (χ2v) is 4.19. The van der Waals surface area contributed by atoms with Crippen LogP contribution < -0.4 is 5.73 Å². The molecule has 0 aromatic carbocycles. The lowest BCUT2D eigenvalue weighted by Crippen LogP contribution is -2.45. The zero-order valence-corrected chi connectivity index (χ0v) is 9.70. The molecule has 0 bridgehead atoms. The predicted molar refractivity (Wildman–Crippen MR) is 55.5 cm³/mol. The number of ether oxygens (including phenoxy) is 1. The number of primary amides is 1. The van der Waals surface area contributed by atoms with Crippen LogP contribution in [0.3, 0.4) is 0 Å². The van der Waals surface area contributed by atoms with Crippen LogP contribution in [-0.4, -0.2) is 42.8 Å². The van der Waals surface area contributed by atoms with Crippen molar-refractivity contribution in [3.8, 4) is 0 Å². The maximum atomic E-state index is 12.2. The van der Waals surface area contributed by atoms with E-state index in [2.05, 4.69) is 4.74 Å². The van der Waals surface area contributed by atoms with E-state index in [0.717, 1.165) is 4.90 Å². The molecule has 0 spiro atoms. The van der Waals surface area contributed by atoms with Crippen LogP contribution in [0.15, 0.2) is 0 Å². The SMILES string of the molecule is NC(=O)OCCC1CCN(C(=O)C(F)(F)F)CC1. The van der Waals surface area contributed by atoms with Gasteiger partial charge in [-0.15, -0.1) is 0 Å². The third kappa shape index (κ3) is 4.42. The first-order chi connectivity index (χ1) is 8.30. The maximum Gasteiger partial charge on any atom is 0.471 e. The van der Waals surface area contributed by atoms with E-state index in [1.807, 2.05) is 0 Å². The lowest BCUT2D eigenvalue weighted by atomic mass is 9.94. The average molecular weight is 268 g/mol. The van der Waals surface area contributed by atoms with Crippen molar-refractivity contribution >= 4 is 12.0 Å². The molecule has 18 heavy (non-hydrogen) atoms. The van der Waals surface area contributed by atoms with Gasteiger partial charge in [-0.2, -0.15) is 13.2 Å². The molecule has 5 nitrogen and oxygen atoms in total. The van der Waals surface area contributed by atoms with Crippen molar-refractivity contribution < 1.29 is 27.5 Å². The topological polar surface area (TPSA) is 72.6 Å². The van der Waals surface area contributed by atoms with E-state index in [-0.39, 0.29) is 25.6 Å². The Hall–Kier alpha value is -1.47. The average Bonchev–Trinajstić information content (AvgIpc) is 2.27. The summed E-state index contributed by atoms with van der Waals surface area (Å²) >= 11 is 0. The molecule has 0 saturated carbocycles. The maximum absolute atomic E-state index is 12.2. The Morgan fingerprint density at radius 1 is 1.28 bits per heavy atom. The summed E-state index contributed by atoms with van der Waals surface area (Å²) in [4.78, 5) is 22.1. The lowest BCUT2D eigenvalue weighted by molar-refractivity contribution is -0.186. The van der Waals surface area contributed by atoms with Gasteiger partial charge in [0.15, 0.2) is 0 Å². The number of carbonyl (C=O) groups is 2. The third-order valence-electron chi connectivity index (χ3n) is 2.91. The summed E-state index contributed by atoms with van der Waals surface area (Å²) in [5.41, 5.74) is 4.78. The van der Waals surface area contributed by atoms with E-state index >= 15 is 0 Å². The quantitative estimate of drug-likeness (QED) is 0.837. The van der Waals surface area contributed by atoms with Crippen LogP contribution in [0.25, 0.3) is 0 Å². The van der Waals surface area contributed by atoms with Gasteiger partial charge in [-0.1, -0.05) is 0 Å². The number of rotatable bonds is 3. The van der Waals surface area contributed by atoms with Gasteiger partial charge in [-0.25, -0.2) is 4.79 Å². The van der Waals surface area contributed by atoms with Crippen LogP contribution in [-0.2, 0) is 9.53 Å². The number of nitrogens with zero attached hydrogens (tertiary/aromatic N) is 1. The summed E-state index contributed by atoms with van der Waals surface area (Å²) in [7, 11) is 0. The lowest BCUT2D eigenvalue weighted by Gasteiger charge is -2.32. The van der Waals surface area contributed by atoms with Crippen molar-refractivity contribution in [2.75, 3.05) is 19.7 Å². The van der Waals surface area contributed by atoms with Gasteiger partial charge < -0.3 is 15.4 Å². The van der Waals surface area contributed by atoms with Crippen molar-refractivity contribution in [2.24, 2.45) is 11.7 Å². The Balaban J connectivity index is 2.28. The Morgan fingerprint density at radius 2 is 1.83 bits per heavy atom. The Bertz CT molecular complexity index is 312. The monoisotopic (exact) mass is 268 g/mol. The molecule has 1 fully saturated rings. The van der Waals surface area contributed by atoms with Crippen LogP contribution in [0, 0.1) is 5.92 Å². The van der Waals surface area contributed by atoms with Crippen LogP contribution in [0.5, 0.6) is 0 Å². The Morgan fingerprint density at radius 3 is 2.28 bits per heavy atom. The predicted octanol–water partition coefficient (Wildman–Crippen LogP) is 1.27. The third-order valence-corrected chi connectivity index (χ3v) is 2.91. The smallest absolute Gasteiger partial charge is 0.450 e. The van der Waals surface area contributed by atoms with E-state index in [1.165, 1.54) is 0 Å². The number of halogens is 3. The molecule has 0 atom stereocenters.